The van der Waals surface area contributed by atoms with E-state index in [1.165, 1.54) is 11.3 Å². The molecule has 0 aliphatic heterocycles. The second-order valence-corrected chi connectivity index (χ2v) is 3.11. The van der Waals surface area contributed by atoms with E-state index in [1.807, 2.05) is 5.38 Å². The fourth-order valence-electron chi connectivity index (χ4n) is 0.548. The zero-order valence-corrected chi connectivity index (χ0v) is 6.82. The molecule has 1 aromatic heterocycles. The number of nitrogens with zero attached hydrogens (tertiary/aromatic N) is 1. The van der Waals surface area contributed by atoms with Crippen molar-refractivity contribution in [2.75, 3.05) is 5.73 Å². The fraction of sp³-hybridized carbons (Fsp3) is 0.167. The maximum Gasteiger partial charge on any atom is 0.180 e. The molecule has 0 fully saturated rings. The number of anilines is 1. The third-order valence-corrected chi connectivity index (χ3v) is 2.12. The second-order valence-electron chi connectivity index (χ2n) is 1.75. The Labute approximate surface area is 68.3 Å². The molecule has 4 heteroatoms. The van der Waals surface area contributed by atoms with Crippen molar-refractivity contribution in [1.29, 1.82) is 0 Å². The van der Waals surface area contributed by atoms with Crippen molar-refractivity contribution < 1.29 is 0 Å². The van der Waals surface area contributed by atoms with E-state index in [2.05, 4.69) is 11.6 Å². The van der Waals surface area contributed by atoms with E-state index in [-0.39, 0.29) is 5.38 Å². The van der Waals surface area contributed by atoms with E-state index in [0.29, 0.717) is 5.13 Å². The zero-order chi connectivity index (χ0) is 7.56. The van der Waals surface area contributed by atoms with Crippen molar-refractivity contribution in [3.8, 4) is 0 Å². The molecule has 1 rings (SSSR count). The first kappa shape index (κ1) is 7.57. The molecule has 0 aromatic carbocycles. The van der Waals surface area contributed by atoms with Crippen LogP contribution in [-0.2, 0) is 0 Å². The summed E-state index contributed by atoms with van der Waals surface area (Å²) in [7, 11) is 0. The Bertz CT molecular complexity index is 233. The maximum atomic E-state index is 5.77. The number of nitrogens with two attached hydrogens (primary N) is 1. The fourth-order valence-corrected chi connectivity index (χ4v) is 1.33. The largest absolute Gasteiger partial charge is 0.375 e. The van der Waals surface area contributed by atoms with Gasteiger partial charge in [-0.05, 0) is 0 Å². The van der Waals surface area contributed by atoms with Crippen LogP contribution in [0.2, 0.25) is 0 Å². The van der Waals surface area contributed by atoms with Gasteiger partial charge in [0.1, 0.15) is 0 Å². The molecule has 0 saturated carbocycles. The van der Waals surface area contributed by atoms with Crippen LogP contribution < -0.4 is 5.73 Å². The van der Waals surface area contributed by atoms with Crippen LogP contribution in [-0.4, -0.2) is 4.98 Å². The average molecular weight is 175 g/mol. The van der Waals surface area contributed by atoms with Gasteiger partial charge in [0.25, 0.3) is 0 Å². The third kappa shape index (κ3) is 1.49. The molecule has 0 radical (unpaired) electrons. The Kier molecular flexibility index (Phi) is 2.29. The average Bonchev–Trinajstić information content (AvgIpc) is 2.34. The van der Waals surface area contributed by atoms with Crippen molar-refractivity contribution in [3.05, 3.63) is 23.7 Å². The molecule has 0 aliphatic rings. The standard InChI is InChI=1S/C6H7ClN2S/c1-2-4(7)5-3-10-6(8)9-5/h2-4H,1H2,(H2,8,9). The molecule has 0 bridgehead atoms. The Morgan fingerprint density at radius 2 is 2.60 bits per heavy atom. The summed E-state index contributed by atoms with van der Waals surface area (Å²) in [6.07, 6.45) is 1.62. The van der Waals surface area contributed by atoms with Crippen LogP contribution in [0.1, 0.15) is 11.1 Å². The first-order valence-electron chi connectivity index (χ1n) is 2.71. The highest BCUT2D eigenvalue weighted by molar-refractivity contribution is 7.13. The molecule has 0 spiro atoms. The van der Waals surface area contributed by atoms with Crippen molar-refractivity contribution in [1.82, 2.24) is 4.98 Å². The molecule has 54 valence electrons. The molecule has 0 aliphatic carbocycles. The molecule has 1 unspecified atom stereocenters. The lowest BCUT2D eigenvalue weighted by atomic mass is 10.3. The maximum absolute atomic E-state index is 5.77. The van der Waals surface area contributed by atoms with Crippen LogP contribution in [0.25, 0.3) is 0 Å². The number of hydrogen-bond donors (Lipinski definition) is 1. The Morgan fingerprint density at radius 3 is 3.00 bits per heavy atom. The van der Waals surface area contributed by atoms with Crippen LogP contribution in [0.15, 0.2) is 18.0 Å². The van der Waals surface area contributed by atoms with Crippen LogP contribution in [0.5, 0.6) is 0 Å². The molecule has 1 atom stereocenters. The molecule has 2 nitrogen and oxygen atoms in total. The summed E-state index contributed by atoms with van der Waals surface area (Å²) < 4.78 is 0. The predicted molar refractivity (Wildman–Crippen MR) is 45.3 cm³/mol. The number of hydrogen-bond acceptors (Lipinski definition) is 3. The number of nitrogen functional groups attached to an aromatic ring is 1. The van der Waals surface area contributed by atoms with Gasteiger partial charge in [-0.2, -0.15) is 0 Å². The van der Waals surface area contributed by atoms with Gasteiger partial charge in [-0.15, -0.1) is 29.5 Å². The molecule has 10 heavy (non-hydrogen) atoms. The highest BCUT2D eigenvalue weighted by Crippen LogP contribution is 2.23. The molecule has 1 heterocycles. The van der Waals surface area contributed by atoms with Gasteiger partial charge in [0.2, 0.25) is 0 Å². The monoisotopic (exact) mass is 174 g/mol. The quantitative estimate of drug-likeness (QED) is 0.552. The van der Waals surface area contributed by atoms with Crippen LogP contribution in [0, 0.1) is 0 Å². The summed E-state index contributed by atoms with van der Waals surface area (Å²) in [5.41, 5.74) is 6.16. The van der Waals surface area contributed by atoms with Gasteiger partial charge in [0.05, 0.1) is 11.1 Å². The van der Waals surface area contributed by atoms with Gasteiger partial charge in [0.15, 0.2) is 5.13 Å². The summed E-state index contributed by atoms with van der Waals surface area (Å²) in [5.74, 6) is 0. The van der Waals surface area contributed by atoms with Crippen molar-refractivity contribution in [2.24, 2.45) is 0 Å². The highest BCUT2D eigenvalue weighted by Gasteiger charge is 2.05. The Morgan fingerprint density at radius 1 is 1.90 bits per heavy atom. The number of alkyl halides is 1. The molecule has 0 amide bonds. The smallest absolute Gasteiger partial charge is 0.180 e. The molecule has 0 saturated heterocycles. The summed E-state index contributed by atoms with van der Waals surface area (Å²) in [5, 5.41) is 2.16. The lowest BCUT2D eigenvalue weighted by Gasteiger charge is -1.94. The molecular weight excluding hydrogens is 168 g/mol. The van der Waals surface area contributed by atoms with Crippen LogP contribution >= 0.6 is 22.9 Å². The van der Waals surface area contributed by atoms with E-state index in [4.69, 9.17) is 17.3 Å². The second kappa shape index (κ2) is 3.03. The molecule has 2 N–H and O–H groups in total. The van der Waals surface area contributed by atoms with Gasteiger partial charge >= 0.3 is 0 Å². The van der Waals surface area contributed by atoms with E-state index in [1.54, 1.807) is 6.08 Å². The van der Waals surface area contributed by atoms with Crippen LogP contribution in [0.3, 0.4) is 0 Å². The minimum absolute atomic E-state index is 0.214. The topological polar surface area (TPSA) is 38.9 Å². The predicted octanol–water partition coefficient (Wildman–Crippen LogP) is 2.19. The lowest BCUT2D eigenvalue weighted by Crippen LogP contribution is -1.87. The third-order valence-electron chi connectivity index (χ3n) is 1.03. The molecular formula is C6H7ClN2S. The van der Waals surface area contributed by atoms with Gasteiger partial charge < -0.3 is 5.73 Å². The Balaban J connectivity index is 2.84. The lowest BCUT2D eigenvalue weighted by molar-refractivity contribution is 1.12. The molecule has 1 aromatic rings. The summed E-state index contributed by atoms with van der Waals surface area (Å²) in [6.45, 7) is 3.54. The number of halogens is 1. The van der Waals surface area contributed by atoms with Crippen molar-refractivity contribution in [3.63, 3.8) is 0 Å². The minimum atomic E-state index is -0.214. The summed E-state index contributed by atoms with van der Waals surface area (Å²) in [4.78, 5) is 3.97. The SMILES string of the molecule is C=CC(Cl)c1csc(N)n1. The first-order valence-corrected chi connectivity index (χ1v) is 4.03. The number of rotatable bonds is 2. The van der Waals surface area contributed by atoms with E-state index >= 15 is 0 Å². The van der Waals surface area contributed by atoms with Crippen molar-refractivity contribution in [2.45, 2.75) is 5.38 Å². The number of thiazole rings is 1. The highest BCUT2D eigenvalue weighted by atomic mass is 35.5. The van der Waals surface area contributed by atoms with E-state index < -0.39 is 0 Å². The zero-order valence-electron chi connectivity index (χ0n) is 5.25. The van der Waals surface area contributed by atoms with E-state index in [0.717, 1.165) is 5.69 Å². The Hall–Kier alpha value is -0.540. The normalized spacial score (nSPS) is 12.9. The van der Waals surface area contributed by atoms with Crippen LogP contribution in [0.4, 0.5) is 5.13 Å². The van der Waals surface area contributed by atoms with Gasteiger partial charge in [-0.3, -0.25) is 0 Å². The minimum Gasteiger partial charge on any atom is -0.375 e. The van der Waals surface area contributed by atoms with Gasteiger partial charge in [0, 0.05) is 5.38 Å². The summed E-state index contributed by atoms with van der Waals surface area (Å²) >= 11 is 7.16. The van der Waals surface area contributed by atoms with Crippen molar-refractivity contribution >= 4 is 28.1 Å². The first-order chi connectivity index (χ1) is 4.74. The summed E-state index contributed by atoms with van der Waals surface area (Å²) in [6, 6.07) is 0. The van der Waals surface area contributed by atoms with Gasteiger partial charge in [-0.1, -0.05) is 6.08 Å². The van der Waals surface area contributed by atoms with Gasteiger partial charge in [-0.25, -0.2) is 4.98 Å². The number of allylic oxidation sites excluding steroid dienone is 1. The van der Waals surface area contributed by atoms with E-state index in [9.17, 15) is 0 Å². The number of aromatic nitrogens is 1.